The monoisotopic (exact) mass is 183 g/mol. The lowest BCUT2D eigenvalue weighted by molar-refractivity contribution is -0.139. The molecular weight excluding hydrogens is 170 g/mol. The molecule has 0 rings (SSSR count). The van der Waals surface area contributed by atoms with Crippen LogP contribution in [0.4, 0.5) is 0 Å². The van der Waals surface area contributed by atoms with E-state index in [-0.39, 0.29) is 12.6 Å². The van der Waals surface area contributed by atoms with E-state index < -0.39 is 5.97 Å². The topological polar surface area (TPSA) is 75.1 Å². The minimum Gasteiger partial charge on any atom is -0.462 e. The molecule has 1 unspecified atom stereocenters. The van der Waals surface area contributed by atoms with E-state index in [9.17, 15) is 4.79 Å². The zero-order valence-electron chi connectivity index (χ0n) is 7.86. The highest BCUT2D eigenvalue weighted by Gasteiger charge is 2.08. The maximum absolute atomic E-state index is 10.9. The quantitative estimate of drug-likeness (QED) is 0.215. The first kappa shape index (κ1) is 11.5. The third kappa shape index (κ3) is 4.87. The van der Waals surface area contributed by atoms with Gasteiger partial charge in [0.15, 0.2) is 0 Å². The normalized spacial score (nSPS) is 11.2. The highest BCUT2D eigenvalue weighted by molar-refractivity contribution is 5.86. The number of nitrogens with zero attached hydrogens (tertiary/aromatic N) is 3. The summed E-state index contributed by atoms with van der Waals surface area (Å²) in [5, 5.41) is 3.45. The van der Waals surface area contributed by atoms with Gasteiger partial charge >= 0.3 is 5.97 Å². The standard InChI is InChI=1S/C8H13N3O2/c1-4-7(10-11-9)5-13-8(12)6(2)3/h7H,2,4-5H2,1,3H3. The van der Waals surface area contributed by atoms with Gasteiger partial charge in [-0.1, -0.05) is 18.6 Å². The molecule has 1 atom stereocenters. The Bertz CT molecular complexity index is 244. The van der Waals surface area contributed by atoms with Crippen LogP contribution in [0, 0.1) is 0 Å². The summed E-state index contributed by atoms with van der Waals surface area (Å²) in [4.78, 5) is 13.6. The van der Waals surface area contributed by atoms with Gasteiger partial charge in [-0.2, -0.15) is 0 Å². The van der Waals surface area contributed by atoms with E-state index in [0.717, 1.165) is 0 Å². The summed E-state index contributed by atoms with van der Waals surface area (Å²) in [5.74, 6) is -0.452. The van der Waals surface area contributed by atoms with Gasteiger partial charge in [-0.25, -0.2) is 4.79 Å². The lowest BCUT2D eigenvalue weighted by Gasteiger charge is -2.08. The van der Waals surface area contributed by atoms with Crippen molar-refractivity contribution in [3.63, 3.8) is 0 Å². The van der Waals surface area contributed by atoms with Crippen LogP contribution in [0.2, 0.25) is 0 Å². The molecule has 0 bridgehead atoms. The molecule has 0 spiro atoms. The molecule has 0 amide bonds. The second kappa shape index (κ2) is 6.08. The van der Waals surface area contributed by atoms with Gasteiger partial charge in [0.1, 0.15) is 6.61 Å². The van der Waals surface area contributed by atoms with Crippen molar-refractivity contribution in [2.24, 2.45) is 5.11 Å². The summed E-state index contributed by atoms with van der Waals surface area (Å²) in [6.07, 6.45) is 0.646. The summed E-state index contributed by atoms with van der Waals surface area (Å²) in [5.41, 5.74) is 8.49. The van der Waals surface area contributed by atoms with Gasteiger partial charge in [-0.05, 0) is 18.9 Å². The molecule has 0 aliphatic carbocycles. The molecule has 0 saturated carbocycles. The van der Waals surface area contributed by atoms with Crippen LogP contribution in [0.3, 0.4) is 0 Å². The summed E-state index contributed by atoms with van der Waals surface area (Å²) in [6, 6.07) is -0.284. The number of esters is 1. The number of carbonyl (C=O) groups excluding carboxylic acids is 1. The van der Waals surface area contributed by atoms with E-state index in [4.69, 9.17) is 10.3 Å². The Balaban J connectivity index is 3.91. The van der Waals surface area contributed by atoms with Gasteiger partial charge in [0.2, 0.25) is 0 Å². The molecule has 0 saturated heterocycles. The van der Waals surface area contributed by atoms with Gasteiger partial charge in [0.05, 0.1) is 6.04 Å². The summed E-state index contributed by atoms with van der Waals surface area (Å²) in [7, 11) is 0. The van der Waals surface area contributed by atoms with E-state index in [1.54, 1.807) is 6.92 Å². The van der Waals surface area contributed by atoms with Crippen LogP contribution >= 0.6 is 0 Å². The van der Waals surface area contributed by atoms with E-state index in [1.807, 2.05) is 6.92 Å². The maximum Gasteiger partial charge on any atom is 0.333 e. The van der Waals surface area contributed by atoms with Crippen LogP contribution in [0.1, 0.15) is 20.3 Å². The van der Waals surface area contributed by atoms with Crippen molar-refractivity contribution in [3.8, 4) is 0 Å². The first-order chi connectivity index (χ1) is 6.11. The molecular formula is C8H13N3O2. The van der Waals surface area contributed by atoms with Crippen LogP contribution in [0.5, 0.6) is 0 Å². The molecule has 5 heteroatoms. The average Bonchev–Trinajstić information content (AvgIpc) is 2.11. The Kier molecular flexibility index (Phi) is 5.39. The number of ether oxygens (including phenoxy) is 1. The molecule has 0 fully saturated rings. The molecule has 0 aliphatic rings. The van der Waals surface area contributed by atoms with Gasteiger partial charge < -0.3 is 4.74 Å². The summed E-state index contributed by atoms with van der Waals surface area (Å²) in [6.45, 7) is 6.97. The van der Waals surface area contributed by atoms with Crippen LogP contribution < -0.4 is 0 Å². The van der Waals surface area contributed by atoms with Crippen molar-refractivity contribution in [2.45, 2.75) is 26.3 Å². The highest BCUT2D eigenvalue weighted by atomic mass is 16.5. The average molecular weight is 183 g/mol. The molecule has 0 aromatic rings. The Morgan fingerprint density at radius 1 is 1.77 bits per heavy atom. The fourth-order valence-electron chi connectivity index (χ4n) is 0.601. The number of azide groups is 1. The van der Waals surface area contributed by atoms with Crippen LogP contribution in [-0.4, -0.2) is 18.6 Å². The lowest BCUT2D eigenvalue weighted by atomic mass is 10.2. The molecule has 0 heterocycles. The predicted molar refractivity (Wildman–Crippen MR) is 49.0 cm³/mol. The third-order valence-electron chi connectivity index (χ3n) is 1.44. The van der Waals surface area contributed by atoms with Crippen molar-refractivity contribution in [3.05, 3.63) is 22.6 Å². The van der Waals surface area contributed by atoms with Crippen molar-refractivity contribution in [1.82, 2.24) is 0 Å². The van der Waals surface area contributed by atoms with E-state index in [0.29, 0.717) is 12.0 Å². The van der Waals surface area contributed by atoms with Gasteiger partial charge in [0, 0.05) is 10.5 Å². The van der Waals surface area contributed by atoms with Crippen LogP contribution in [0.15, 0.2) is 17.3 Å². The van der Waals surface area contributed by atoms with E-state index in [1.165, 1.54) is 0 Å². The number of hydrogen-bond donors (Lipinski definition) is 0. The number of carbonyl (C=O) groups is 1. The fourth-order valence-corrected chi connectivity index (χ4v) is 0.601. The summed E-state index contributed by atoms with van der Waals surface area (Å²) >= 11 is 0. The van der Waals surface area contributed by atoms with Gasteiger partial charge in [0.25, 0.3) is 0 Å². The maximum atomic E-state index is 10.9. The van der Waals surface area contributed by atoms with Crippen molar-refractivity contribution < 1.29 is 9.53 Å². The zero-order chi connectivity index (χ0) is 10.3. The predicted octanol–water partition coefficient (Wildman–Crippen LogP) is 2.19. The van der Waals surface area contributed by atoms with Crippen LogP contribution in [0.25, 0.3) is 10.4 Å². The molecule has 0 aliphatic heterocycles. The summed E-state index contributed by atoms with van der Waals surface area (Å²) < 4.78 is 4.81. The van der Waals surface area contributed by atoms with E-state index >= 15 is 0 Å². The lowest BCUT2D eigenvalue weighted by Crippen LogP contribution is -2.16. The Hall–Kier alpha value is -1.48. The molecule has 0 aromatic heterocycles. The molecule has 5 nitrogen and oxygen atoms in total. The molecule has 0 aromatic carbocycles. The smallest absolute Gasteiger partial charge is 0.333 e. The van der Waals surface area contributed by atoms with Gasteiger partial charge in [-0.3, -0.25) is 0 Å². The first-order valence-corrected chi connectivity index (χ1v) is 3.98. The number of rotatable bonds is 5. The molecule has 72 valence electrons. The molecule has 0 N–H and O–H groups in total. The third-order valence-corrected chi connectivity index (χ3v) is 1.44. The first-order valence-electron chi connectivity index (χ1n) is 3.98. The molecule has 0 radical (unpaired) electrons. The second-order valence-corrected chi connectivity index (χ2v) is 2.65. The number of hydrogen-bond acceptors (Lipinski definition) is 3. The fraction of sp³-hybridized carbons (Fsp3) is 0.625. The highest BCUT2D eigenvalue weighted by Crippen LogP contribution is 2.01. The minimum atomic E-state index is -0.452. The Morgan fingerprint density at radius 3 is 2.77 bits per heavy atom. The van der Waals surface area contributed by atoms with Crippen molar-refractivity contribution in [1.29, 1.82) is 0 Å². The zero-order valence-corrected chi connectivity index (χ0v) is 7.86. The SMILES string of the molecule is C=C(C)C(=O)OCC(CC)N=[N+]=[N-]. The Labute approximate surface area is 77.0 Å². The van der Waals surface area contributed by atoms with Gasteiger partial charge in [-0.15, -0.1) is 0 Å². The minimum absolute atomic E-state index is 0.117. The van der Waals surface area contributed by atoms with E-state index in [2.05, 4.69) is 16.6 Å². The second-order valence-electron chi connectivity index (χ2n) is 2.65. The largest absolute Gasteiger partial charge is 0.462 e. The van der Waals surface area contributed by atoms with Crippen molar-refractivity contribution in [2.75, 3.05) is 6.61 Å². The van der Waals surface area contributed by atoms with Crippen LogP contribution in [-0.2, 0) is 9.53 Å². The Morgan fingerprint density at radius 2 is 2.38 bits per heavy atom. The molecule has 13 heavy (non-hydrogen) atoms. The van der Waals surface area contributed by atoms with Crippen molar-refractivity contribution >= 4 is 5.97 Å².